The third-order valence-corrected chi connectivity index (χ3v) is 6.03. The third kappa shape index (κ3) is 4.89. The number of aryl methyl sites for hydroxylation is 1. The number of hydrogen-bond donors (Lipinski definition) is 3. The van der Waals surface area contributed by atoms with Crippen LogP contribution in [-0.2, 0) is 14.8 Å². The molecule has 0 radical (unpaired) electrons. The van der Waals surface area contributed by atoms with Crippen molar-refractivity contribution in [2.75, 3.05) is 10.6 Å². The molecule has 28 heavy (non-hydrogen) atoms. The predicted octanol–water partition coefficient (Wildman–Crippen LogP) is 3.30. The molecule has 0 bridgehead atoms. The number of rotatable bonds is 6. The van der Waals surface area contributed by atoms with E-state index in [0.717, 1.165) is 12.8 Å². The van der Waals surface area contributed by atoms with Gasteiger partial charge in [0.1, 0.15) is 0 Å². The molecule has 2 aromatic carbocycles. The second-order valence-corrected chi connectivity index (χ2v) is 8.82. The first-order valence-electron chi connectivity index (χ1n) is 8.67. The number of nitrogens with one attached hydrogen (secondary N) is 3. The number of benzene rings is 2. The number of carbonyl (C=O) groups is 2. The summed E-state index contributed by atoms with van der Waals surface area (Å²) in [7, 11) is -3.66. The van der Waals surface area contributed by atoms with Gasteiger partial charge in [-0.05, 0) is 55.7 Å². The van der Waals surface area contributed by atoms with E-state index in [4.69, 9.17) is 11.6 Å². The van der Waals surface area contributed by atoms with E-state index in [-0.39, 0.29) is 27.4 Å². The summed E-state index contributed by atoms with van der Waals surface area (Å²) in [4.78, 5) is 23.9. The molecule has 1 aliphatic rings. The Morgan fingerprint density at radius 1 is 1.07 bits per heavy atom. The molecule has 2 amide bonds. The van der Waals surface area contributed by atoms with Crippen molar-refractivity contribution in [3.63, 3.8) is 0 Å². The van der Waals surface area contributed by atoms with E-state index in [1.165, 1.54) is 25.1 Å². The highest BCUT2D eigenvalue weighted by molar-refractivity contribution is 7.89. The molecule has 0 unspecified atom stereocenters. The van der Waals surface area contributed by atoms with Crippen molar-refractivity contribution in [3.8, 4) is 0 Å². The molecule has 9 heteroatoms. The van der Waals surface area contributed by atoms with Crippen molar-refractivity contribution in [1.29, 1.82) is 0 Å². The Morgan fingerprint density at radius 3 is 2.39 bits per heavy atom. The van der Waals surface area contributed by atoms with E-state index in [2.05, 4.69) is 15.4 Å². The second-order valence-electron chi connectivity index (χ2n) is 6.70. The fourth-order valence-corrected chi connectivity index (χ4v) is 4.14. The summed E-state index contributed by atoms with van der Waals surface area (Å²) in [6, 6.07) is 9.11. The maximum atomic E-state index is 12.7. The van der Waals surface area contributed by atoms with Crippen LogP contribution in [0.1, 0.15) is 35.7 Å². The Kier molecular flexibility index (Phi) is 5.74. The van der Waals surface area contributed by atoms with Crippen molar-refractivity contribution in [2.24, 2.45) is 0 Å². The van der Waals surface area contributed by atoms with Crippen LogP contribution in [0.2, 0.25) is 5.02 Å². The van der Waals surface area contributed by atoms with Gasteiger partial charge in [0.25, 0.3) is 5.91 Å². The summed E-state index contributed by atoms with van der Waals surface area (Å²) < 4.78 is 27.4. The molecule has 0 aliphatic heterocycles. The van der Waals surface area contributed by atoms with Gasteiger partial charge in [0.05, 0.1) is 15.6 Å². The average molecular weight is 422 g/mol. The Hall–Kier alpha value is -2.42. The van der Waals surface area contributed by atoms with E-state index >= 15 is 0 Å². The summed E-state index contributed by atoms with van der Waals surface area (Å²) in [5.41, 5.74) is 1.75. The number of anilines is 2. The van der Waals surface area contributed by atoms with Gasteiger partial charge >= 0.3 is 0 Å². The topological polar surface area (TPSA) is 104 Å². The first kappa shape index (κ1) is 20.3. The first-order chi connectivity index (χ1) is 13.2. The zero-order chi connectivity index (χ0) is 20.5. The van der Waals surface area contributed by atoms with Crippen LogP contribution in [0.25, 0.3) is 0 Å². The molecule has 0 heterocycles. The molecule has 3 rings (SSSR count). The van der Waals surface area contributed by atoms with Gasteiger partial charge in [-0.2, -0.15) is 0 Å². The van der Waals surface area contributed by atoms with Gasteiger partial charge in [-0.25, -0.2) is 13.1 Å². The molecule has 0 spiro atoms. The second kappa shape index (κ2) is 7.90. The number of carbonyl (C=O) groups excluding carboxylic acids is 2. The van der Waals surface area contributed by atoms with Gasteiger partial charge in [-0.15, -0.1) is 0 Å². The maximum Gasteiger partial charge on any atom is 0.255 e. The molecule has 148 valence electrons. The molecule has 1 aliphatic carbocycles. The number of halogens is 1. The van der Waals surface area contributed by atoms with Gasteiger partial charge in [0, 0.05) is 24.2 Å². The van der Waals surface area contributed by atoms with E-state index in [0.29, 0.717) is 16.9 Å². The molecule has 1 saturated carbocycles. The largest absolute Gasteiger partial charge is 0.325 e. The van der Waals surface area contributed by atoms with Gasteiger partial charge in [0.15, 0.2) is 0 Å². The monoisotopic (exact) mass is 421 g/mol. The van der Waals surface area contributed by atoms with Crippen molar-refractivity contribution in [3.05, 3.63) is 52.5 Å². The smallest absolute Gasteiger partial charge is 0.255 e. The van der Waals surface area contributed by atoms with Crippen molar-refractivity contribution in [2.45, 2.75) is 37.6 Å². The summed E-state index contributed by atoms with van der Waals surface area (Å²) in [6.07, 6.45) is 1.65. The lowest BCUT2D eigenvalue weighted by Gasteiger charge is -2.12. The van der Waals surface area contributed by atoms with Gasteiger partial charge < -0.3 is 10.6 Å². The van der Waals surface area contributed by atoms with Crippen LogP contribution in [0.5, 0.6) is 0 Å². The highest BCUT2D eigenvalue weighted by Crippen LogP contribution is 2.27. The quantitative estimate of drug-likeness (QED) is 0.665. The minimum absolute atomic E-state index is 0.0205. The maximum absolute atomic E-state index is 12.7. The third-order valence-electron chi connectivity index (χ3n) is 4.20. The summed E-state index contributed by atoms with van der Waals surface area (Å²) in [6.45, 7) is 3.10. The highest BCUT2D eigenvalue weighted by atomic mass is 35.5. The fourth-order valence-electron chi connectivity index (χ4n) is 2.58. The van der Waals surface area contributed by atoms with E-state index in [1.54, 1.807) is 25.1 Å². The Morgan fingerprint density at radius 2 is 1.79 bits per heavy atom. The summed E-state index contributed by atoms with van der Waals surface area (Å²) in [5, 5.41) is 5.56. The van der Waals surface area contributed by atoms with Crippen LogP contribution < -0.4 is 15.4 Å². The summed E-state index contributed by atoms with van der Waals surface area (Å²) >= 11 is 6.12. The highest BCUT2D eigenvalue weighted by Gasteiger charge is 2.28. The number of hydrogen-bond acceptors (Lipinski definition) is 4. The SMILES string of the molecule is CC(=O)Nc1ccc(NC(=O)c2cc(S(=O)(=O)NC3CC3)ccc2C)cc1Cl. The van der Waals surface area contributed by atoms with Gasteiger partial charge in [-0.1, -0.05) is 17.7 Å². The normalized spacial score (nSPS) is 13.8. The zero-order valence-electron chi connectivity index (χ0n) is 15.4. The van der Waals surface area contributed by atoms with Crippen LogP contribution in [0.3, 0.4) is 0 Å². The summed E-state index contributed by atoms with van der Waals surface area (Å²) in [5.74, 6) is -0.712. The minimum Gasteiger partial charge on any atom is -0.325 e. The van der Waals surface area contributed by atoms with Crippen LogP contribution >= 0.6 is 11.6 Å². The van der Waals surface area contributed by atoms with E-state index < -0.39 is 15.9 Å². The van der Waals surface area contributed by atoms with Crippen molar-refractivity contribution in [1.82, 2.24) is 4.72 Å². The molecule has 2 aromatic rings. The van der Waals surface area contributed by atoms with Crippen LogP contribution in [0.15, 0.2) is 41.3 Å². The molecule has 1 fully saturated rings. The van der Waals surface area contributed by atoms with Gasteiger partial charge in [0.2, 0.25) is 15.9 Å². The lowest BCUT2D eigenvalue weighted by molar-refractivity contribution is -0.114. The average Bonchev–Trinajstić information content (AvgIpc) is 3.40. The molecular formula is C19H20ClN3O4S. The minimum atomic E-state index is -3.66. The molecule has 7 nitrogen and oxygen atoms in total. The van der Waals surface area contributed by atoms with Crippen LogP contribution in [0, 0.1) is 6.92 Å². The van der Waals surface area contributed by atoms with E-state index in [9.17, 15) is 18.0 Å². The van der Waals surface area contributed by atoms with Gasteiger partial charge in [-0.3, -0.25) is 9.59 Å². The van der Waals surface area contributed by atoms with Crippen molar-refractivity contribution < 1.29 is 18.0 Å². The van der Waals surface area contributed by atoms with Crippen LogP contribution in [-0.4, -0.2) is 26.3 Å². The molecule has 0 atom stereocenters. The lowest BCUT2D eigenvalue weighted by atomic mass is 10.1. The van der Waals surface area contributed by atoms with Crippen LogP contribution in [0.4, 0.5) is 11.4 Å². The number of sulfonamides is 1. The lowest BCUT2D eigenvalue weighted by Crippen LogP contribution is -2.26. The standard InChI is InChI=1S/C19H20ClN3O4S/c1-11-3-7-15(28(26,27)23-13-4-5-13)10-16(11)19(25)22-14-6-8-18(17(20)9-14)21-12(2)24/h3,6-10,13,23H,4-5H2,1-2H3,(H,21,24)(H,22,25). The molecule has 0 aromatic heterocycles. The fraction of sp³-hybridized carbons (Fsp3) is 0.263. The Bertz CT molecular complexity index is 1050. The first-order valence-corrected chi connectivity index (χ1v) is 10.5. The Labute approximate surface area is 168 Å². The zero-order valence-corrected chi connectivity index (χ0v) is 16.9. The van der Waals surface area contributed by atoms with Crippen molar-refractivity contribution >= 4 is 44.8 Å². The molecule has 0 saturated heterocycles. The molecular weight excluding hydrogens is 402 g/mol. The number of amides is 2. The van der Waals surface area contributed by atoms with E-state index in [1.807, 2.05) is 0 Å². The Balaban J connectivity index is 1.81. The molecule has 3 N–H and O–H groups in total. The predicted molar refractivity (Wildman–Crippen MR) is 108 cm³/mol.